The molecule has 0 fully saturated rings. The van der Waals surface area contributed by atoms with Gasteiger partial charge in [0.05, 0.1) is 12.1 Å². The smallest absolute Gasteiger partial charge is 0.0749 e. The minimum atomic E-state index is 0.0140. The second kappa shape index (κ2) is 7.56. The van der Waals surface area contributed by atoms with Crippen molar-refractivity contribution in [2.24, 2.45) is 0 Å². The maximum atomic E-state index is 9.81. The Morgan fingerprint density at radius 3 is 2.62 bits per heavy atom. The van der Waals surface area contributed by atoms with Gasteiger partial charge in [0, 0.05) is 23.7 Å². The Labute approximate surface area is 143 Å². The van der Waals surface area contributed by atoms with Crippen LogP contribution in [-0.4, -0.2) is 22.7 Å². The summed E-state index contributed by atoms with van der Waals surface area (Å²) in [5, 5.41) is 14.5. The molecular weight excluding hydrogens is 296 g/mol. The molecule has 3 rings (SSSR count). The summed E-state index contributed by atoms with van der Waals surface area (Å²) in [6.07, 6.45) is 2.64. The number of para-hydroxylation sites is 1. The number of hydrogen-bond donors (Lipinski definition) is 2. The van der Waals surface area contributed by atoms with Crippen molar-refractivity contribution in [2.45, 2.75) is 32.4 Å². The molecule has 0 bridgehead atoms. The molecule has 3 heteroatoms. The van der Waals surface area contributed by atoms with Crippen molar-refractivity contribution in [3.05, 3.63) is 77.5 Å². The first-order valence-corrected chi connectivity index (χ1v) is 8.44. The van der Waals surface area contributed by atoms with Gasteiger partial charge in [0.25, 0.3) is 0 Å². The predicted molar refractivity (Wildman–Crippen MR) is 99.1 cm³/mol. The van der Waals surface area contributed by atoms with Gasteiger partial charge in [-0.1, -0.05) is 48.5 Å². The first-order chi connectivity index (χ1) is 11.7. The zero-order valence-electron chi connectivity index (χ0n) is 14.2. The Morgan fingerprint density at radius 1 is 1.04 bits per heavy atom. The third-order valence-electron chi connectivity index (χ3n) is 4.56. The van der Waals surface area contributed by atoms with E-state index in [0.29, 0.717) is 0 Å². The Balaban J connectivity index is 1.79. The number of nitrogens with zero attached hydrogens (tertiary/aromatic N) is 1. The van der Waals surface area contributed by atoms with E-state index in [1.54, 1.807) is 0 Å². The predicted octanol–water partition coefficient (Wildman–Crippen LogP) is 3.80. The number of aryl methyl sites for hydroxylation is 1. The van der Waals surface area contributed by atoms with Gasteiger partial charge in [0.1, 0.15) is 0 Å². The van der Waals surface area contributed by atoms with E-state index in [4.69, 9.17) is 0 Å². The van der Waals surface area contributed by atoms with Crippen molar-refractivity contribution in [3.8, 4) is 0 Å². The second-order valence-electron chi connectivity index (χ2n) is 6.32. The maximum absolute atomic E-state index is 9.81. The van der Waals surface area contributed by atoms with Crippen LogP contribution in [-0.2, 0) is 6.42 Å². The highest BCUT2D eigenvalue weighted by Crippen LogP contribution is 2.23. The molecule has 0 saturated heterocycles. The zero-order chi connectivity index (χ0) is 16.9. The van der Waals surface area contributed by atoms with Crippen molar-refractivity contribution < 1.29 is 5.11 Å². The van der Waals surface area contributed by atoms with Crippen LogP contribution in [0.15, 0.2) is 60.8 Å². The number of aliphatic hydroxyl groups is 1. The molecular formula is C21H24N2O. The number of fused-ring (bicyclic) bond motifs is 1. The molecule has 124 valence electrons. The number of nitrogens with one attached hydrogen (secondary N) is 1. The van der Waals surface area contributed by atoms with Gasteiger partial charge in [-0.2, -0.15) is 0 Å². The van der Waals surface area contributed by atoms with Gasteiger partial charge in [-0.3, -0.25) is 4.98 Å². The Kier molecular flexibility index (Phi) is 5.24. The number of benzene rings is 2. The van der Waals surface area contributed by atoms with Crippen LogP contribution in [0.25, 0.3) is 10.9 Å². The van der Waals surface area contributed by atoms with Crippen LogP contribution in [0.5, 0.6) is 0 Å². The highest BCUT2D eigenvalue weighted by atomic mass is 16.3. The fraction of sp³-hybridized carbons (Fsp3) is 0.286. The molecule has 0 radical (unpaired) electrons. The number of rotatable bonds is 6. The molecule has 0 aliphatic carbocycles. The number of aromatic nitrogens is 1. The van der Waals surface area contributed by atoms with E-state index in [9.17, 15) is 5.11 Å². The minimum Gasteiger partial charge on any atom is -0.395 e. The van der Waals surface area contributed by atoms with Gasteiger partial charge < -0.3 is 10.4 Å². The number of aliphatic hydroxyl groups excluding tert-OH is 1. The van der Waals surface area contributed by atoms with Crippen molar-refractivity contribution >= 4 is 10.9 Å². The lowest BCUT2D eigenvalue weighted by Gasteiger charge is -2.23. The standard InChI is InChI=1S/C21H24N2O/c1-15-7-3-4-8-18(15)13-19(14-24)23-16(2)20-11-5-9-17-10-6-12-22-21(17)20/h3-12,16,19,23-24H,13-14H2,1-2H3. The molecule has 1 aromatic heterocycles. The monoisotopic (exact) mass is 320 g/mol. The van der Waals surface area contributed by atoms with Crippen LogP contribution in [0.4, 0.5) is 0 Å². The van der Waals surface area contributed by atoms with Gasteiger partial charge >= 0.3 is 0 Å². The molecule has 3 nitrogen and oxygen atoms in total. The molecule has 2 aromatic carbocycles. The molecule has 24 heavy (non-hydrogen) atoms. The molecule has 3 aromatic rings. The molecule has 2 atom stereocenters. The summed E-state index contributed by atoms with van der Waals surface area (Å²) in [5.41, 5.74) is 4.72. The average molecular weight is 320 g/mol. The molecule has 0 spiro atoms. The van der Waals surface area contributed by atoms with Gasteiger partial charge in [0.15, 0.2) is 0 Å². The fourth-order valence-electron chi connectivity index (χ4n) is 3.20. The Bertz CT molecular complexity index is 810. The quantitative estimate of drug-likeness (QED) is 0.726. The van der Waals surface area contributed by atoms with Crippen LogP contribution in [0, 0.1) is 6.92 Å². The second-order valence-corrected chi connectivity index (χ2v) is 6.32. The van der Waals surface area contributed by atoms with Crippen LogP contribution >= 0.6 is 0 Å². The van der Waals surface area contributed by atoms with Crippen molar-refractivity contribution in [1.29, 1.82) is 0 Å². The maximum Gasteiger partial charge on any atom is 0.0749 e. The van der Waals surface area contributed by atoms with Gasteiger partial charge in [-0.15, -0.1) is 0 Å². The normalized spacial score (nSPS) is 13.8. The third kappa shape index (κ3) is 3.64. The lowest BCUT2D eigenvalue weighted by Crippen LogP contribution is -2.36. The van der Waals surface area contributed by atoms with E-state index in [1.165, 1.54) is 11.1 Å². The van der Waals surface area contributed by atoms with Crippen molar-refractivity contribution in [1.82, 2.24) is 10.3 Å². The van der Waals surface area contributed by atoms with Crippen LogP contribution in [0.2, 0.25) is 0 Å². The molecule has 2 N–H and O–H groups in total. The Morgan fingerprint density at radius 2 is 1.83 bits per heavy atom. The van der Waals surface area contributed by atoms with Crippen molar-refractivity contribution in [2.75, 3.05) is 6.61 Å². The van der Waals surface area contributed by atoms with Crippen LogP contribution in [0.1, 0.15) is 29.7 Å². The molecule has 0 amide bonds. The van der Waals surface area contributed by atoms with E-state index in [-0.39, 0.29) is 18.7 Å². The summed E-state index contributed by atoms with van der Waals surface area (Å²) in [6, 6.07) is 18.8. The van der Waals surface area contributed by atoms with E-state index < -0.39 is 0 Å². The molecule has 0 saturated carbocycles. The summed E-state index contributed by atoms with van der Waals surface area (Å²) in [7, 11) is 0. The summed E-state index contributed by atoms with van der Waals surface area (Å²) in [6.45, 7) is 4.35. The van der Waals surface area contributed by atoms with Gasteiger partial charge in [-0.05, 0) is 43.0 Å². The molecule has 0 aliphatic heterocycles. The minimum absolute atomic E-state index is 0.0140. The molecule has 0 aliphatic rings. The summed E-state index contributed by atoms with van der Waals surface area (Å²) < 4.78 is 0. The lowest BCUT2D eigenvalue weighted by atomic mass is 9.99. The van der Waals surface area contributed by atoms with Crippen molar-refractivity contribution in [3.63, 3.8) is 0 Å². The Hall–Kier alpha value is -2.23. The number of pyridine rings is 1. The van der Waals surface area contributed by atoms with E-state index in [1.807, 2.05) is 18.3 Å². The lowest BCUT2D eigenvalue weighted by molar-refractivity contribution is 0.232. The SMILES string of the molecule is Cc1ccccc1CC(CO)NC(C)c1cccc2cccnc12. The molecule has 2 unspecified atom stereocenters. The topological polar surface area (TPSA) is 45.1 Å². The fourth-order valence-corrected chi connectivity index (χ4v) is 3.20. The third-order valence-corrected chi connectivity index (χ3v) is 4.56. The first kappa shape index (κ1) is 16.6. The summed E-state index contributed by atoms with van der Waals surface area (Å²) in [4.78, 5) is 4.53. The first-order valence-electron chi connectivity index (χ1n) is 8.44. The summed E-state index contributed by atoms with van der Waals surface area (Å²) in [5.74, 6) is 0. The summed E-state index contributed by atoms with van der Waals surface area (Å²) >= 11 is 0. The average Bonchev–Trinajstić information content (AvgIpc) is 2.62. The van der Waals surface area contributed by atoms with Crippen LogP contribution < -0.4 is 5.32 Å². The van der Waals surface area contributed by atoms with E-state index in [2.05, 4.69) is 66.6 Å². The number of hydrogen-bond acceptors (Lipinski definition) is 3. The van der Waals surface area contributed by atoms with Gasteiger partial charge in [0.2, 0.25) is 0 Å². The largest absolute Gasteiger partial charge is 0.395 e. The molecule has 1 heterocycles. The van der Waals surface area contributed by atoms with Crippen LogP contribution in [0.3, 0.4) is 0 Å². The van der Waals surface area contributed by atoms with E-state index >= 15 is 0 Å². The van der Waals surface area contributed by atoms with E-state index in [0.717, 1.165) is 22.9 Å². The zero-order valence-corrected chi connectivity index (χ0v) is 14.2. The highest BCUT2D eigenvalue weighted by molar-refractivity contribution is 5.81. The highest BCUT2D eigenvalue weighted by Gasteiger charge is 2.16. The van der Waals surface area contributed by atoms with Gasteiger partial charge in [-0.25, -0.2) is 0 Å².